The van der Waals surface area contributed by atoms with Gasteiger partial charge in [-0.25, -0.2) is 0 Å². The van der Waals surface area contributed by atoms with Gasteiger partial charge >= 0.3 is 0 Å². The van der Waals surface area contributed by atoms with Gasteiger partial charge in [0.1, 0.15) is 7.14 Å². The molecule has 4 aromatic carbocycles. The van der Waals surface area contributed by atoms with Crippen molar-refractivity contribution < 1.29 is 4.57 Å². The van der Waals surface area contributed by atoms with Crippen molar-refractivity contribution >= 4 is 39.3 Å². The summed E-state index contributed by atoms with van der Waals surface area (Å²) >= 11 is 0. The van der Waals surface area contributed by atoms with Crippen LogP contribution in [0.5, 0.6) is 0 Å². The van der Waals surface area contributed by atoms with Gasteiger partial charge in [-0.2, -0.15) is 0 Å². The average Bonchev–Trinajstić information content (AvgIpc) is 2.66. The molecule has 124 valence electrons. The first-order chi connectivity index (χ1) is 12.1. The van der Waals surface area contributed by atoms with Crippen LogP contribution in [0.3, 0.4) is 0 Å². The molecule has 4 aromatic rings. The van der Waals surface area contributed by atoms with E-state index >= 15 is 0 Å². The molecular formula is C23H21OP. The quantitative estimate of drug-likeness (QED) is 0.435. The zero-order valence-electron chi connectivity index (χ0n) is 14.5. The first-order valence-electron chi connectivity index (χ1n) is 8.69. The third kappa shape index (κ3) is 2.51. The van der Waals surface area contributed by atoms with Crippen LogP contribution in [0.15, 0.2) is 84.9 Å². The second-order valence-electron chi connectivity index (χ2n) is 6.75. The minimum atomic E-state index is -2.79. The maximum atomic E-state index is 14.5. The van der Waals surface area contributed by atoms with E-state index < -0.39 is 7.14 Å². The second-order valence-corrected chi connectivity index (χ2v) is 10.1. The van der Waals surface area contributed by atoms with Gasteiger partial charge in [0.2, 0.25) is 0 Å². The lowest BCUT2D eigenvalue weighted by Gasteiger charge is -2.26. The number of rotatable bonds is 3. The minimum Gasteiger partial charge on any atom is -0.313 e. The van der Waals surface area contributed by atoms with Crippen molar-refractivity contribution in [2.75, 3.05) is 0 Å². The van der Waals surface area contributed by atoms with Gasteiger partial charge in [0.15, 0.2) is 0 Å². The molecular weight excluding hydrogens is 323 g/mol. The Morgan fingerprint density at radius 2 is 1.00 bits per heavy atom. The van der Waals surface area contributed by atoms with E-state index in [2.05, 4.69) is 50.2 Å². The minimum absolute atomic E-state index is 0.0316. The van der Waals surface area contributed by atoms with Gasteiger partial charge in [-0.1, -0.05) is 98.8 Å². The van der Waals surface area contributed by atoms with E-state index in [1.807, 2.05) is 48.5 Å². The molecule has 0 fully saturated rings. The monoisotopic (exact) mass is 344 g/mol. The van der Waals surface area contributed by atoms with Crippen LogP contribution in [0.4, 0.5) is 0 Å². The van der Waals surface area contributed by atoms with Crippen LogP contribution in [-0.4, -0.2) is 5.66 Å². The molecule has 0 spiro atoms. The van der Waals surface area contributed by atoms with E-state index in [0.29, 0.717) is 0 Å². The number of hydrogen-bond donors (Lipinski definition) is 0. The smallest absolute Gasteiger partial charge is 0.146 e. The van der Waals surface area contributed by atoms with Crippen LogP contribution < -0.4 is 10.6 Å². The molecule has 25 heavy (non-hydrogen) atoms. The molecule has 0 aromatic heterocycles. The van der Waals surface area contributed by atoms with E-state index in [4.69, 9.17) is 0 Å². The van der Waals surface area contributed by atoms with Crippen LogP contribution >= 0.6 is 7.14 Å². The summed E-state index contributed by atoms with van der Waals surface area (Å²) in [6.45, 7) is 4.15. The maximum Gasteiger partial charge on any atom is 0.146 e. The Hall–Kier alpha value is -2.37. The fourth-order valence-corrected chi connectivity index (χ4v) is 6.79. The van der Waals surface area contributed by atoms with Crippen molar-refractivity contribution in [3.63, 3.8) is 0 Å². The van der Waals surface area contributed by atoms with Crippen LogP contribution in [0.1, 0.15) is 13.8 Å². The molecule has 0 bridgehead atoms. The third-order valence-corrected chi connectivity index (χ3v) is 8.64. The zero-order chi connectivity index (χ0) is 17.4. The van der Waals surface area contributed by atoms with Crippen molar-refractivity contribution in [2.45, 2.75) is 19.5 Å². The molecule has 1 nitrogen and oxygen atoms in total. The topological polar surface area (TPSA) is 17.1 Å². The van der Waals surface area contributed by atoms with E-state index in [1.54, 1.807) is 0 Å². The molecule has 0 N–H and O–H groups in total. The summed E-state index contributed by atoms with van der Waals surface area (Å²) < 4.78 is 14.5. The van der Waals surface area contributed by atoms with Crippen LogP contribution in [0.2, 0.25) is 0 Å². The molecule has 4 rings (SSSR count). The average molecular weight is 344 g/mol. The summed E-state index contributed by atoms with van der Waals surface area (Å²) in [6, 6.07) is 28.8. The molecule has 0 unspecified atom stereocenters. The molecule has 0 amide bonds. The Kier molecular flexibility index (Phi) is 3.98. The zero-order valence-corrected chi connectivity index (χ0v) is 15.4. The predicted molar refractivity (Wildman–Crippen MR) is 110 cm³/mol. The maximum absolute atomic E-state index is 14.5. The van der Waals surface area contributed by atoms with Gasteiger partial charge in [-0.3, -0.25) is 0 Å². The predicted octanol–water partition coefficient (Wildman–Crippen LogP) is 5.72. The van der Waals surface area contributed by atoms with Crippen LogP contribution in [0.25, 0.3) is 21.5 Å². The molecule has 0 aliphatic heterocycles. The van der Waals surface area contributed by atoms with E-state index in [9.17, 15) is 4.57 Å². The summed E-state index contributed by atoms with van der Waals surface area (Å²) in [4.78, 5) is 0. The fourth-order valence-electron chi connectivity index (χ4n) is 3.68. The van der Waals surface area contributed by atoms with Crippen molar-refractivity contribution in [3.05, 3.63) is 84.9 Å². The summed E-state index contributed by atoms with van der Waals surface area (Å²) in [6.07, 6.45) is 0. The lowest BCUT2D eigenvalue weighted by atomic mass is 10.1. The standard InChI is InChI=1S/C23H21OP/c1-17(2)25(24,22-15-7-11-18-9-3-5-13-20(18)22)23-16-8-12-19-10-4-6-14-21(19)23/h3-17H,1-2H3. The van der Waals surface area contributed by atoms with Gasteiger partial charge in [0.05, 0.1) is 0 Å². The summed E-state index contributed by atoms with van der Waals surface area (Å²) in [5.41, 5.74) is 0.0316. The summed E-state index contributed by atoms with van der Waals surface area (Å²) in [5.74, 6) is 0. The van der Waals surface area contributed by atoms with E-state index in [0.717, 1.165) is 32.2 Å². The van der Waals surface area contributed by atoms with E-state index in [1.165, 1.54) is 0 Å². The highest BCUT2D eigenvalue weighted by molar-refractivity contribution is 7.80. The number of fused-ring (bicyclic) bond motifs is 2. The van der Waals surface area contributed by atoms with E-state index in [-0.39, 0.29) is 5.66 Å². The lowest BCUT2D eigenvalue weighted by molar-refractivity contribution is 0.582. The van der Waals surface area contributed by atoms with Crippen LogP contribution in [0, 0.1) is 0 Å². The first kappa shape index (κ1) is 16.1. The van der Waals surface area contributed by atoms with Crippen molar-refractivity contribution in [3.8, 4) is 0 Å². The molecule has 2 heteroatoms. The van der Waals surface area contributed by atoms with Gasteiger partial charge < -0.3 is 4.57 Å². The van der Waals surface area contributed by atoms with Gasteiger partial charge in [-0.15, -0.1) is 0 Å². The largest absolute Gasteiger partial charge is 0.313 e. The Labute approximate surface area is 148 Å². The first-order valence-corrected chi connectivity index (χ1v) is 10.5. The lowest BCUT2D eigenvalue weighted by Crippen LogP contribution is -2.23. The second kappa shape index (κ2) is 6.17. The Bertz CT molecular complexity index is 1020. The highest BCUT2D eigenvalue weighted by Crippen LogP contribution is 2.51. The fraction of sp³-hybridized carbons (Fsp3) is 0.130. The normalized spacial score (nSPS) is 12.1. The molecule has 0 radical (unpaired) electrons. The Balaban J connectivity index is 2.11. The number of hydrogen-bond acceptors (Lipinski definition) is 1. The van der Waals surface area contributed by atoms with Crippen molar-refractivity contribution in [1.82, 2.24) is 0 Å². The molecule has 0 saturated carbocycles. The molecule has 0 aliphatic carbocycles. The van der Waals surface area contributed by atoms with Crippen molar-refractivity contribution in [2.24, 2.45) is 0 Å². The molecule has 0 saturated heterocycles. The van der Waals surface area contributed by atoms with Gasteiger partial charge in [0.25, 0.3) is 0 Å². The molecule has 0 atom stereocenters. The van der Waals surface area contributed by atoms with Crippen molar-refractivity contribution in [1.29, 1.82) is 0 Å². The Morgan fingerprint density at radius 1 is 0.600 bits per heavy atom. The molecule has 0 aliphatic rings. The number of benzene rings is 4. The summed E-state index contributed by atoms with van der Waals surface area (Å²) in [5, 5.41) is 6.40. The van der Waals surface area contributed by atoms with Gasteiger partial charge in [-0.05, 0) is 21.5 Å². The third-order valence-electron chi connectivity index (χ3n) is 4.98. The highest BCUT2D eigenvalue weighted by Gasteiger charge is 2.33. The Morgan fingerprint density at radius 3 is 1.44 bits per heavy atom. The van der Waals surface area contributed by atoms with Crippen LogP contribution in [-0.2, 0) is 4.57 Å². The highest BCUT2D eigenvalue weighted by atomic mass is 31.2. The summed E-state index contributed by atoms with van der Waals surface area (Å²) in [7, 11) is -2.79. The SMILES string of the molecule is CC(C)P(=O)(c1cccc2ccccc12)c1cccc2ccccc12. The van der Waals surface area contributed by atoms with Gasteiger partial charge in [0, 0.05) is 16.3 Å². The molecule has 0 heterocycles.